The lowest BCUT2D eigenvalue weighted by Crippen LogP contribution is -2.36. The van der Waals surface area contributed by atoms with E-state index in [4.69, 9.17) is 0 Å². The molecule has 1 aliphatic carbocycles. The van der Waals surface area contributed by atoms with Crippen LogP contribution >= 0.6 is 15.9 Å². The first kappa shape index (κ1) is 14.0. The Balaban J connectivity index is 1.86. The van der Waals surface area contributed by atoms with Gasteiger partial charge in [-0.15, -0.1) is 0 Å². The standard InChI is InChI=1S/C14H20BrNO2/c15-12-5-1-3-10(7-12)14(18)8-16-13-6-2-4-11(13)9-17/h1,3,5,7,11,13-14,16-18H,2,4,6,8-9H2. The number of rotatable bonds is 5. The van der Waals surface area contributed by atoms with Gasteiger partial charge in [-0.1, -0.05) is 34.5 Å². The van der Waals surface area contributed by atoms with Crippen LogP contribution in [0, 0.1) is 5.92 Å². The third kappa shape index (κ3) is 3.54. The van der Waals surface area contributed by atoms with Gasteiger partial charge in [-0.2, -0.15) is 0 Å². The zero-order valence-electron chi connectivity index (χ0n) is 10.3. The minimum atomic E-state index is -0.498. The van der Waals surface area contributed by atoms with Crippen molar-refractivity contribution in [3.8, 4) is 0 Å². The molecule has 0 spiro atoms. The minimum Gasteiger partial charge on any atom is -0.396 e. The van der Waals surface area contributed by atoms with Crippen LogP contribution in [0.2, 0.25) is 0 Å². The van der Waals surface area contributed by atoms with Gasteiger partial charge in [-0.3, -0.25) is 0 Å². The van der Waals surface area contributed by atoms with E-state index in [1.165, 1.54) is 0 Å². The van der Waals surface area contributed by atoms with Gasteiger partial charge in [-0.05, 0) is 36.5 Å². The van der Waals surface area contributed by atoms with Crippen molar-refractivity contribution in [2.75, 3.05) is 13.2 Å². The maximum absolute atomic E-state index is 10.1. The highest BCUT2D eigenvalue weighted by molar-refractivity contribution is 9.10. The third-order valence-corrected chi connectivity index (χ3v) is 4.19. The molecule has 1 aromatic rings. The molecule has 2 rings (SSSR count). The van der Waals surface area contributed by atoms with E-state index in [-0.39, 0.29) is 6.61 Å². The molecule has 3 atom stereocenters. The van der Waals surface area contributed by atoms with Gasteiger partial charge >= 0.3 is 0 Å². The molecule has 18 heavy (non-hydrogen) atoms. The molecule has 0 radical (unpaired) electrons. The summed E-state index contributed by atoms with van der Waals surface area (Å²) in [6, 6.07) is 8.08. The Bertz CT molecular complexity index is 386. The van der Waals surface area contributed by atoms with Crippen molar-refractivity contribution in [2.24, 2.45) is 5.92 Å². The summed E-state index contributed by atoms with van der Waals surface area (Å²) in [5.41, 5.74) is 0.912. The van der Waals surface area contributed by atoms with Crippen LogP contribution in [-0.4, -0.2) is 29.4 Å². The third-order valence-electron chi connectivity index (χ3n) is 3.70. The summed E-state index contributed by atoms with van der Waals surface area (Å²) in [5.74, 6) is 0.347. The van der Waals surface area contributed by atoms with Gasteiger partial charge in [0.05, 0.1) is 6.10 Å². The second-order valence-corrected chi connectivity index (χ2v) is 5.87. The molecule has 0 saturated heterocycles. The Morgan fingerprint density at radius 2 is 2.22 bits per heavy atom. The summed E-state index contributed by atoms with van der Waals surface area (Å²) >= 11 is 3.40. The van der Waals surface area contributed by atoms with Crippen LogP contribution in [0.5, 0.6) is 0 Å². The highest BCUT2D eigenvalue weighted by Gasteiger charge is 2.26. The number of nitrogens with one attached hydrogen (secondary N) is 1. The quantitative estimate of drug-likeness (QED) is 0.781. The van der Waals surface area contributed by atoms with Crippen LogP contribution in [0.25, 0.3) is 0 Å². The molecule has 3 nitrogen and oxygen atoms in total. The summed E-state index contributed by atoms with van der Waals surface area (Å²) in [6.45, 7) is 0.780. The lowest BCUT2D eigenvalue weighted by molar-refractivity contribution is 0.155. The molecule has 1 aromatic carbocycles. The molecule has 0 amide bonds. The molecule has 3 N–H and O–H groups in total. The number of hydrogen-bond acceptors (Lipinski definition) is 3. The normalized spacial score (nSPS) is 25.3. The number of benzene rings is 1. The topological polar surface area (TPSA) is 52.5 Å². The Morgan fingerprint density at radius 1 is 1.39 bits per heavy atom. The smallest absolute Gasteiger partial charge is 0.0914 e. The summed E-state index contributed by atoms with van der Waals surface area (Å²) < 4.78 is 0.980. The first-order chi connectivity index (χ1) is 8.70. The molecule has 1 aliphatic rings. The van der Waals surface area contributed by atoms with Gasteiger partial charge in [0.2, 0.25) is 0 Å². The van der Waals surface area contributed by atoms with E-state index in [2.05, 4.69) is 21.2 Å². The van der Waals surface area contributed by atoms with E-state index >= 15 is 0 Å². The molecule has 1 saturated carbocycles. The maximum Gasteiger partial charge on any atom is 0.0914 e. The van der Waals surface area contributed by atoms with Crippen molar-refractivity contribution in [1.82, 2.24) is 5.32 Å². The largest absolute Gasteiger partial charge is 0.396 e. The molecule has 1 fully saturated rings. The van der Waals surface area contributed by atoms with Crippen LogP contribution in [0.1, 0.15) is 30.9 Å². The van der Waals surface area contributed by atoms with Crippen molar-refractivity contribution >= 4 is 15.9 Å². The molecule has 100 valence electrons. The van der Waals surface area contributed by atoms with E-state index in [1.54, 1.807) is 0 Å². The van der Waals surface area contributed by atoms with Crippen molar-refractivity contribution in [1.29, 1.82) is 0 Å². The van der Waals surface area contributed by atoms with Gasteiger partial charge in [0, 0.05) is 23.7 Å². The van der Waals surface area contributed by atoms with Crippen molar-refractivity contribution < 1.29 is 10.2 Å². The number of halogens is 1. The predicted molar refractivity (Wildman–Crippen MR) is 75.3 cm³/mol. The molecule has 0 heterocycles. The molecule has 0 aliphatic heterocycles. The fraction of sp³-hybridized carbons (Fsp3) is 0.571. The Labute approximate surface area is 116 Å². The Hall–Kier alpha value is -0.420. The summed E-state index contributed by atoms with van der Waals surface area (Å²) in [5, 5.41) is 22.7. The SMILES string of the molecule is OCC1CCCC1NCC(O)c1cccc(Br)c1. The van der Waals surface area contributed by atoms with E-state index < -0.39 is 6.10 Å². The summed E-state index contributed by atoms with van der Waals surface area (Å²) in [7, 11) is 0. The zero-order valence-corrected chi connectivity index (χ0v) is 11.9. The van der Waals surface area contributed by atoms with Crippen LogP contribution in [0.4, 0.5) is 0 Å². The van der Waals surface area contributed by atoms with Gasteiger partial charge in [0.15, 0.2) is 0 Å². The fourth-order valence-corrected chi connectivity index (χ4v) is 3.04. The first-order valence-corrected chi connectivity index (χ1v) is 7.28. The van der Waals surface area contributed by atoms with E-state index in [0.29, 0.717) is 18.5 Å². The van der Waals surface area contributed by atoms with E-state index in [0.717, 1.165) is 29.3 Å². The van der Waals surface area contributed by atoms with Gasteiger partial charge in [0.1, 0.15) is 0 Å². The Morgan fingerprint density at radius 3 is 2.94 bits per heavy atom. The average Bonchev–Trinajstić information content (AvgIpc) is 2.83. The highest BCUT2D eigenvalue weighted by Crippen LogP contribution is 2.25. The van der Waals surface area contributed by atoms with E-state index in [9.17, 15) is 10.2 Å². The number of aliphatic hydroxyl groups is 2. The first-order valence-electron chi connectivity index (χ1n) is 6.48. The summed E-state index contributed by atoms with van der Waals surface area (Å²) in [6.07, 6.45) is 2.84. The lowest BCUT2D eigenvalue weighted by atomic mass is 10.0. The fourth-order valence-electron chi connectivity index (χ4n) is 2.62. The molecule has 4 heteroatoms. The Kier molecular flexibility index (Phi) is 5.18. The van der Waals surface area contributed by atoms with Gasteiger partial charge in [0.25, 0.3) is 0 Å². The molecule has 0 aromatic heterocycles. The predicted octanol–water partition coefficient (Wildman–Crippen LogP) is 2.23. The lowest BCUT2D eigenvalue weighted by Gasteiger charge is -2.21. The molecule has 0 bridgehead atoms. The zero-order chi connectivity index (χ0) is 13.0. The van der Waals surface area contributed by atoms with Gasteiger partial charge < -0.3 is 15.5 Å². The van der Waals surface area contributed by atoms with Crippen molar-refractivity contribution in [2.45, 2.75) is 31.4 Å². The van der Waals surface area contributed by atoms with Crippen LogP contribution in [0.15, 0.2) is 28.7 Å². The second-order valence-electron chi connectivity index (χ2n) is 4.96. The van der Waals surface area contributed by atoms with Crippen molar-refractivity contribution in [3.63, 3.8) is 0 Å². The highest BCUT2D eigenvalue weighted by atomic mass is 79.9. The number of aliphatic hydroxyl groups excluding tert-OH is 2. The molecular formula is C14H20BrNO2. The maximum atomic E-state index is 10.1. The monoisotopic (exact) mass is 313 g/mol. The van der Waals surface area contributed by atoms with Crippen LogP contribution in [-0.2, 0) is 0 Å². The van der Waals surface area contributed by atoms with Gasteiger partial charge in [-0.25, -0.2) is 0 Å². The van der Waals surface area contributed by atoms with Crippen molar-refractivity contribution in [3.05, 3.63) is 34.3 Å². The molecular weight excluding hydrogens is 294 g/mol. The summed E-state index contributed by atoms with van der Waals surface area (Å²) in [4.78, 5) is 0. The van der Waals surface area contributed by atoms with Crippen LogP contribution in [0.3, 0.4) is 0 Å². The van der Waals surface area contributed by atoms with E-state index in [1.807, 2.05) is 24.3 Å². The number of hydrogen-bond donors (Lipinski definition) is 3. The minimum absolute atomic E-state index is 0.241. The molecule has 3 unspecified atom stereocenters. The van der Waals surface area contributed by atoms with Crippen LogP contribution < -0.4 is 5.32 Å². The second kappa shape index (κ2) is 6.66. The average molecular weight is 314 g/mol.